The van der Waals surface area contributed by atoms with Gasteiger partial charge in [0.1, 0.15) is 11.7 Å². The summed E-state index contributed by atoms with van der Waals surface area (Å²) in [6, 6.07) is 2.67. The Labute approximate surface area is 173 Å². The molecule has 1 saturated heterocycles. The highest BCUT2D eigenvalue weighted by atomic mass is 19.4. The molecule has 4 rings (SSSR count). The highest BCUT2D eigenvalue weighted by Crippen LogP contribution is 2.41. The topological polar surface area (TPSA) is 74.9 Å². The van der Waals surface area contributed by atoms with Gasteiger partial charge in [-0.3, -0.25) is 4.79 Å². The molecule has 1 aromatic carbocycles. The van der Waals surface area contributed by atoms with E-state index in [9.17, 15) is 23.1 Å². The molecule has 0 bridgehead atoms. The first-order valence-corrected chi connectivity index (χ1v) is 9.76. The van der Waals surface area contributed by atoms with Crippen LogP contribution in [0.15, 0.2) is 22.6 Å². The van der Waals surface area contributed by atoms with E-state index in [1.807, 2.05) is 0 Å². The van der Waals surface area contributed by atoms with Crippen LogP contribution >= 0.6 is 0 Å². The summed E-state index contributed by atoms with van der Waals surface area (Å²) in [6.45, 7) is 0.432. The zero-order valence-electron chi connectivity index (χ0n) is 16.6. The number of furan rings is 1. The van der Waals surface area contributed by atoms with Crippen molar-refractivity contribution in [1.82, 2.24) is 5.32 Å². The van der Waals surface area contributed by atoms with Crippen molar-refractivity contribution in [1.29, 1.82) is 0 Å². The van der Waals surface area contributed by atoms with Gasteiger partial charge in [-0.1, -0.05) is 0 Å². The van der Waals surface area contributed by atoms with Crippen LogP contribution in [-0.2, 0) is 10.9 Å². The molecule has 2 atom stereocenters. The minimum absolute atomic E-state index is 0.00279. The maximum atomic E-state index is 15.1. The number of aliphatic hydroxyl groups is 1. The lowest BCUT2D eigenvalue weighted by Gasteiger charge is -2.39. The van der Waals surface area contributed by atoms with Gasteiger partial charge in [0.2, 0.25) is 5.76 Å². The molecule has 1 fully saturated rings. The van der Waals surface area contributed by atoms with Gasteiger partial charge >= 0.3 is 6.18 Å². The van der Waals surface area contributed by atoms with Crippen molar-refractivity contribution in [3.05, 3.63) is 29.5 Å². The van der Waals surface area contributed by atoms with Crippen LogP contribution in [0.25, 0.3) is 11.0 Å². The van der Waals surface area contributed by atoms with Crippen LogP contribution in [0.3, 0.4) is 0 Å². The van der Waals surface area contributed by atoms with Gasteiger partial charge in [-0.05, 0) is 31.5 Å². The molecule has 2 N–H and O–H groups in total. The third kappa shape index (κ3) is 4.20. The number of fused-ring (bicyclic) bond motifs is 3. The summed E-state index contributed by atoms with van der Waals surface area (Å²) in [5, 5.41) is 12.6. The van der Waals surface area contributed by atoms with Gasteiger partial charge in [0.25, 0.3) is 11.8 Å². The second-order valence-corrected chi connectivity index (χ2v) is 8.24. The second-order valence-electron chi connectivity index (χ2n) is 8.24. The Hall–Kier alpha value is -2.40. The molecule has 170 valence electrons. The Kier molecular flexibility index (Phi) is 5.16. The molecule has 11 heteroatoms. The molecule has 31 heavy (non-hydrogen) atoms. The first-order chi connectivity index (χ1) is 14.4. The van der Waals surface area contributed by atoms with Crippen molar-refractivity contribution in [3.8, 4) is 0 Å². The SMILES string of the molecule is C[C@]1(O)CCO[C@@H](C(F)(F)CN2CCNC(=O)c3oc4ccc(C(F)(F)F)cc4c32)C1. The van der Waals surface area contributed by atoms with E-state index < -0.39 is 41.8 Å². The third-order valence-corrected chi connectivity index (χ3v) is 5.64. The van der Waals surface area contributed by atoms with Gasteiger partial charge in [0.15, 0.2) is 0 Å². The first kappa shape index (κ1) is 21.8. The largest absolute Gasteiger partial charge is 0.449 e. The maximum absolute atomic E-state index is 15.1. The predicted octanol–water partition coefficient (Wildman–Crippen LogP) is 3.57. The fourth-order valence-corrected chi connectivity index (χ4v) is 3.99. The highest BCUT2D eigenvalue weighted by Gasteiger charge is 2.48. The normalized spacial score (nSPS) is 25.3. The lowest BCUT2D eigenvalue weighted by atomic mass is 9.89. The summed E-state index contributed by atoms with van der Waals surface area (Å²) in [5.74, 6) is -4.46. The van der Waals surface area contributed by atoms with Gasteiger partial charge in [-0.2, -0.15) is 13.2 Å². The number of benzene rings is 1. The first-order valence-electron chi connectivity index (χ1n) is 9.76. The van der Waals surface area contributed by atoms with E-state index in [1.54, 1.807) is 0 Å². The van der Waals surface area contributed by atoms with E-state index in [-0.39, 0.29) is 55.0 Å². The maximum Gasteiger partial charge on any atom is 0.416 e. The number of rotatable bonds is 3. The van der Waals surface area contributed by atoms with E-state index in [1.165, 1.54) is 6.92 Å². The molecule has 0 spiro atoms. The van der Waals surface area contributed by atoms with Crippen molar-refractivity contribution in [3.63, 3.8) is 0 Å². The van der Waals surface area contributed by atoms with Crippen LogP contribution in [-0.4, -0.2) is 54.9 Å². The average Bonchev–Trinajstić information content (AvgIpc) is 2.97. The number of halogens is 5. The van der Waals surface area contributed by atoms with Crippen LogP contribution in [0.2, 0.25) is 0 Å². The fourth-order valence-electron chi connectivity index (χ4n) is 3.99. The number of carbonyl (C=O) groups is 1. The Morgan fingerprint density at radius 2 is 2.03 bits per heavy atom. The number of anilines is 1. The second kappa shape index (κ2) is 7.33. The summed E-state index contributed by atoms with van der Waals surface area (Å²) in [6.07, 6.45) is -6.29. The van der Waals surface area contributed by atoms with Crippen LogP contribution in [0.5, 0.6) is 0 Å². The molecule has 0 radical (unpaired) electrons. The van der Waals surface area contributed by atoms with E-state index >= 15 is 8.78 Å². The highest BCUT2D eigenvalue weighted by molar-refractivity contribution is 6.07. The van der Waals surface area contributed by atoms with E-state index in [0.29, 0.717) is 0 Å². The summed E-state index contributed by atoms with van der Waals surface area (Å²) in [7, 11) is 0. The van der Waals surface area contributed by atoms with Gasteiger partial charge in [-0.15, -0.1) is 0 Å². The van der Waals surface area contributed by atoms with Crippen LogP contribution in [0.4, 0.5) is 27.6 Å². The predicted molar refractivity (Wildman–Crippen MR) is 100 cm³/mol. The van der Waals surface area contributed by atoms with Crippen molar-refractivity contribution < 1.29 is 41.0 Å². The number of nitrogens with zero attached hydrogens (tertiary/aromatic N) is 1. The van der Waals surface area contributed by atoms with Crippen molar-refractivity contribution in [2.75, 3.05) is 31.1 Å². The van der Waals surface area contributed by atoms with E-state index in [4.69, 9.17) is 9.15 Å². The molecular weight excluding hydrogens is 427 g/mol. The van der Waals surface area contributed by atoms with E-state index in [0.717, 1.165) is 23.1 Å². The van der Waals surface area contributed by atoms with Crippen molar-refractivity contribution in [2.24, 2.45) is 0 Å². The summed E-state index contributed by atoms with van der Waals surface area (Å²) in [4.78, 5) is 13.5. The monoisotopic (exact) mass is 448 g/mol. The summed E-state index contributed by atoms with van der Waals surface area (Å²) >= 11 is 0. The Bertz CT molecular complexity index is 1000. The Morgan fingerprint density at radius 1 is 1.29 bits per heavy atom. The van der Waals surface area contributed by atoms with Crippen LogP contribution < -0.4 is 10.2 Å². The zero-order valence-corrected chi connectivity index (χ0v) is 16.6. The summed E-state index contributed by atoms with van der Waals surface area (Å²) < 4.78 is 80.6. The lowest BCUT2D eigenvalue weighted by molar-refractivity contribution is -0.186. The molecule has 6 nitrogen and oxygen atoms in total. The Morgan fingerprint density at radius 3 is 2.71 bits per heavy atom. The molecular formula is C20H21F5N2O4. The van der Waals surface area contributed by atoms with Gasteiger partial charge < -0.3 is 24.5 Å². The molecule has 2 aliphatic heterocycles. The number of hydrogen-bond donors (Lipinski definition) is 2. The average molecular weight is 448 g/mol. The number of alkyl halides is 5. The number of ether oxygens (including phenoxy) is 1. The van der Waals surface area contributed by atoms with Gasteiger partial charge in [0.05, 0.1) is 23.4 Å². The quantitative estimate of drug-likeness (QED) is 0.703. The summed E-state index contributed by atoms with van der Waals surface area (Å²) in [5.41, 5.74) is -2.41. The van der Waals surface area contributed by atoms with Crippen LogP contribution in [0, 0.1) is 0 Å². The van der Waals surface area contributed by atoms with Gasteiger partial charge in [0, 0.05) is 31.5 Å². The van der Waals surface area contributed by atoms with E-state index in [2.05, 4.69) is 5.32 Å². The van der Waals surface area contributed by atoms with Gasteiger partial charge in [-0.25, -0.2) is 8.78 Å². The minimum Gasteiger partial charge on any atom is -0.449 e. The zero-order chi connectivity index (χ0) is 22.6. The lowest BCUT2D eigenvalue weighted by Crippen LogP contribution is -2.52. The fraction of sp³-hybridized carbons (Fsp3) is 0.550. The number of hydrogen-bond acceptors (Lipinski definition) is 5. The minimum atomic E-state index is -4.65. The number of nitrogens with one attached hydrogen (secondary N) is 1. The molecule has 0 unspecified atom stereocenters. The smallest absolute Gasteiger partial charge is 0.416 e. The van der Waals surface area contributed by atoms with Crippen LogP contribution in [0.1, 0.15) is 35.9 Å². The molecule has 2 aliphatic rings. The third-order valence-electron chi connectivity index (χ3n) is 5.64. The van der Waals surface area contributed by atoms with Crippen molar-refractivity contribution in [2.45, 2.75) is 43.6 Å². The molecule has 0 aliphatic carbocycles. The standard InChI is InChI=1S/C20H21F5N2O4/c1-18(29)4-7-30-14(9-18)19(21,22)10-27-6-5-26-17(28)16-15(27)12-8-11(20(23,24)25)2-3-13(12)31-16/h2-3,8,14,29H,4-7,9-10H2,1H3,(H,26,28)/t14-,18+/m1/s1. The molecule has 3 heterocycles. The molecule has 1 aromatic heterocycles. The molecule has 2 aromatic rings. The van der Waals surface area contributed by atoms with Crippen molar-refractivity contribution >= 4 is 22.6 Å². The Balaban J connectivity index is 1.74. The molecule has 0 saturated carbocycles. The number of amides is 1. The molecule has 1 amide bonds. The number of carbonyl (C=O) groups excluding carboxylic acids is 1.